The predicted octanol–water partition coefficient (Wildman–Crippen LogP) is 1.93. The fourth-order valence-corrected chi connectivity index (χ4v) is 4.19. The van der Waals surface area contributed by atoms with Crippen LogP contribution in [0.15, 0.2) is 30.3 Å². The van der Waals surface area contributed by atoms with Gasteiger partial charge in [-0.1, -0.05) is 44.2 Å². The summed E-state index contributed by atoms with van der Waals surface area (Å²) in [5.41, 5.74) is 6.96. The SMILES string of the molecule is CC(C)C[C@@H]1C(=O)O[C@H]1C(=O)N[C@H]1C[C@@H]1C[C@@H](CCc1ccccc1)NC(=O)[C@H](C)N. The summed E-state index contributed by atoms with van der Waals surface area (Å²) in [5.74, 6) is -0.324. The van der Waals surface area contributed by atoms with Gasteiger partial charge in [-0.25, -0.2) is 0 Å². The highest BCUT2D eigenvalue weighted by Crippen LogP contribution is 2.37. The number of nitrogens with one attached hydrogen (secondary N) is 2. The van der Waals surface area contributed by atoms with Gasteiger partial charge in [0.05, 0.1) is 6.04 Å². The molecule has 7 nitrogen and oxygen atoms in total. The molecule has 31 heavy (non-hydrogen) atoms. The fraction of sp³-hybridized carbons (Fsp3) is 0.625. The van der Waals surface area contributed by atoms with Gasteiger partial charge >= 0.3 is 5.97 Å². The van der Waals surface area contributed by atoms with Crippen LogP contribution in [0.1, 0.15) is 52.0 Å². The van der Waals surface area contributed by atoms with Crippen LogP contribution in [-0.4, -0.2) is 42.0 Å². The minimum Gasteiger partial charge on any atom is -0.451 e. The minimum atomic E-state index is -0.664. The van der Waals surface area contributed by atoms with Gasteiger partial charge in [0.25, 0.3) is 5.91 Å². The number of ether oxygens (including phenoxy) is 1. The van der Waals surface area contributed by atoms with Crippen molar-refractivity contribution < 1.29 is 19.1 Å². The van der Waals surface area contributed by atoms with Crippen LogP contribution in [0.25, 0.3) is 0 Å². The third-order valence-corrected chi connectivity index (χ3v) is 6.12. The molecule has 2 fully saturated rings. The number of carbonyl (C=O) groups is 3. The zero-order valence-electron chi connectivity index (χ0n) is 18.7. The molecular weight excluding hydrogens is 394 g/mol. The van der Waals surface area contributed by atoms with Crippen molar-refractivity contribution in [1.82, 2.24) is 10.6 Å². The Balaban J connectivity index is 1.49. The number of hydrogen-bond donors (Lipinski definition) is 3. The third-order valence-electron chi connectivity index (χ3n) is 6.12. The van der Waals surface area contributed by atoms with Gasteiger partial charge in [-0.3, -0.25) is 14.4 Å². The predicted molar refractivity (Wildman–Crippen MR) is 118 cm³/mol. The van der Waals surface area contributed by atoms with E-state index in [0.717, 1.165) is 25.7 Å². The van der Waals surface area contributed by atoms with Crippen LogP contribution in [0.4, 0.5) is 0 Å². The molecule has 1 aliphatic heterocycles. The summed E-state index contributed by atoms with van der Waals surface area (Å²) < 4.78 is 5.10. The van der Waals surface area contributed by atoms with Crippen LogP contribution in [0.2, 0.25) is 0 Å². The Morgan fingerprint density at radius 1 is 1.16 bits per heavy atom. The van der Waals surface area contributed by atoms with Crippen LogP contribution in [0, 0.1) is 17.8 Å². The summed E-state index contributed by atoms with van der Waals surface area (Å²) in [6, 6.07) is 9.69. The Morgan fingerprint density at radius 3 is 2.48 bits per heavy atom. The van der Waals surface area contributed by atoms with E-state index in [1.807, 2.05) is 32.0 Å². The Bertz CT molecular complexity index is 780. The molecule has 170 valence electrons. The number of aryl methyl sites for hydroxylation is 1. The first-order valence-electron chi connectivity index (χ1n) is 11.3. The second kappa shape index (κ2) is 10.3. The Morgan fingerprint density at radius 2 is 1.87 bits per heavy atom. The summed E-state index contributed by atoms with van der Waals surface area (Å²) >= 11 is 0. The molecule has 1 aromatic rings. The minimum absolute atomic E-state index is 0.000767. The van der Waals surface area contributed by atoms with Crippen LogP contribution < -0.4 is 16.4 Å². The van der Waals surface area contributed by atoms with Gasteiger partial charge in [-0.05, 0) is 56.4 Å². The molecule has 0 bridgehead atoms. The van der Waals surface area contributed by atoms with Crippen molar-refractivity contribution >= 4 is 17.8 Å². The van der Waals surface area contributed by atoms with E-state index in [9.17, 15) is 14.4 Å². The van der Waals surface area contributed by atoms with Crippen molar-refractivity contribution in [2.75, 3.05) is 0 Å². The summed E-state index contributed by atoms with van der Waals surface area (Å²) in [4.78, 5) is 36.4. The molecule has 1 saturated heterocycles. The molecule has 3 rings (SSSR count). The van der Waals surface area contributed by atoms with Crippen molar-refractivity contribution in [2.45, 2.75) is 77.1 Å². The lowest BCUT2D eigenvalue weighted by Gasteiger charge is -2.34. The first-order valence-corrected chi connectivity index (χ1v) is 11.3. The molecule has 0 unspecified atom stereocenters. The Kier molecular flexibility index (Phi) is 7.70. The largest absolute Gasteiger partial charge is 0.451 e. The second-order valence-electron chi connectivity index (χ2n) is 9.46. The molecule has 0 spiro atoms. The maximum Gasteiger partial charge on any atom is 0.314 e. The fourth-order valence-electron chi connectivity index (χ4n) is 4.19. The monoisotopic (exact) mass is 429 g/mol. The highest BCUT2D eigenvalue weighted by molar-refractivity contribution is 5.94. The number of nitrogens with two attached hydrogens (primary N) is 1. The molecule has 1 heterocycles. The summed E-state index contributed by atoms with van der Waals surface area (Å²) in [6.45, 7) is 5.74. The number of rotatable bonds is 11. The van der Waals surface area contributed by atoms with E-state index in [0.29, 0.717) is 18.3 Å². The molecule has 7 heteroatoms. The lowest BCUT2D eigenvalue weighted by molar-refractivity contribution is -0.190. The van der Waals surface area contributed by atoms with Crippen molar-refractivity contribution in [2.24, 2.45) is 23.5 Å². The lowest BCUT2D eigenvalue weighted by Crippen LogP contribution is -2.55. The highest BCUT2D eigenvalue weighted by atomic mass is 16.6. The number of esters is 1. The van der Waals surface area contributed by atoms with Gasteiger partial charge in [-0.15, -0.1) is 0 Å². The molecule has 2 amide bonds. The van der Waals surface area contributed by atoms with Crippen LogP contribution in [0.3, 0.4) is 0 Å². The number of amides is 2. The lowest BCUT2D eigenvalue weighted by atomic mass is 9.87. The van der Waals surface area contributed by atoms with Crippen LogP contribution in [0.5, 0.6) is 0 Å². The maximum atomic E-state index is 12.5. The number of benzene rings is 1. The zero-order chi connectivity index (χ0) is 22.5. The van der Waals surface area contributed by atoms with E-state index in [4.69, 9.17) is 10.5 Å². The molecule has 0 aromatic heterocycles. The van der Waals surface area contributed by atoms with Gasteiger partial charge in [-0.2, -0.15) is 0 Å². The average Bonchev–Trinajstić information content (AvgIpc) is 3.45. The topological polar surface area (TPSA) is 111 Å². The zero-order valence-corrected chi connectivity index (χ0v) is 18.7. The molecule has 4 N–H and O–H groups in total. The first kappa shape index (κ1) is 23.3. The standard InChI is InChI=1S/C24H35N3O4/c1-14(2)11-19-21(31-24(19)30)23(29)27-20-13-17(20)12-18(26-22(28)15(3)25)10-9-16-7-5-4-6-8-16/h4-8,14-15,17-21H,9-13,25H2,1-3H3,(H,26,28)(H,27,29)/t15-,17-,18+,19-,20-,21+/m0/s1. The number of hydrogen-bond acceptors (Lipinski definition) is 5. The van der Waals surface area contributed by atoms with E-state index < -0.39 is 12.1 Å². The van der Waals surface area contributed by atoms with Crippen molar-refractivity contribution in [3.8, 4) is 0 Å². The molecule has 1 aromatic carbocycles. The van der Waals surface area contributed by atoms with Crippen molar-refractivity contribution in [3.05, 3.63) is 35.9 Å². The number of cyclic esters (lactones) is 1. The average molecular weight is 430 g/mol. The summed E-state index contributed by atoms with van der Waals surface area (Å²) in [7, 11) is 0. The van der Waals surface area contributed by atoms with E-state index in [1.165, 1.54) is 5.56 Å². The second-order valence-corrected chi connectivity index (χ2v) is 9.46. The van der Waals surface area contributed by atoms with Crippen molar-refractivity contribution in [3.63, 3.8) is 0 Å². The smallest absolute Gasteiger partial charge is 0.314 e. The maximum absolute atomic E-state index is 12.5. The Labute approximate surface area is 184 Å². The quantitative estimate of drug-likeness (QED) is 0.466. The van der Waals surface area contributed by atoms with Crippen LogP contribution >= 0.6 is 0 Å². The van der Waals surface area contributed by atoms with Gasteiger partial charge in [0.15, 0.2) is 6.10 Å². The number of carbonyl (C=O) groups excluding carboxylic acids is 3. The van der Waals surface area contributed by atoms with E-state index in [2.05, 4.69) is 22.8 Å². The molecule has 0 radical (unpaired) electrons. The Hall–Kier alpha value is -2.41. The van der Waals surface area contributed by atoms with Crippen molar-refractivity contribution in [1.29, 1.82) is 0 Å². The highest BCUT2D eigenvalue weighted by Gasteiger charge is 2.49. The summed E-state index contributed by atoms with van der Waals surface area (Å²) in [6.07, 6.45) is 3.34. The van der Waals surface area contributed by atoms with E-state index >= 15 is 0 Å². The molecule has 6 atom stereocenters. The van der Waals surface area contributed by atoms with E-state index in [-0.39, 0.29) is 35.8 Å². The first-order chi connectivity index (χ1) is 14.7. The van der Waals surface area contributed by atoms with Gasteiger partial charge in [0, 0.05) is 12.1 Å². The molecule has 1 saturated carbocycles. The van der Waals surface area contributed by atoms with Gasteiger partial charge < -0.3 is 21.1 Å². The summed E-state index contributed by atoms with van der Waals surface area (Å²) in [5, 5.41) is 6.10. The van der Waals surface area contributed by atoms with Gasteiger partial charge in [0.1, 0.15) is 5.92 Å². The third kappa shape index (κ3) is 6.53. The van der Waals surface area contributed by atoms with E-state index in [1.54, 1.807) is 6.92 Å². The molecular formula is C24H35N3O4. The molecule has 1 aliphatic carbocycles. The molecule has 2 aliphatic rings. The normalized spacial score (nSPS) is 26.4. The van der Waals surface area contributed by atoms with Crippen LogP contribution in [-0.2, 0) is 25.5 Å². The van der Waals surface area contributed by atoms with Gasteiger partial charge in [0.2, 0.25) is 5.91 Å².